The highest BCUT2D eigenvalue weighted by molar-refractivity contribution is 6.62. The van der Waals surface area contributed by atoms with Crippen molar-refractivity contribution in [3.8, 4) is 0 Å². The number of piperidine rings is 1. The van der Waals surface area contributed by atoms with Crippen LogP contribution in [-0.2, 0) is 4.79 Å². The van der Waals surface area contributed by atoms with Gasteiger partial charge < -0.3 is 16.0 Å². The highest BCUT2D eigenvalue weighted by Crippen LogP contribution is 2.27. The van der Waals surface area contributed by atoms with Crippen molar-refractivity contribution in [2.24, 2.45) is 0 Å². The van der Waals surface area contributed by atoms with Crippen LogP contribution in [0, 0.1) is 5.82 Å². The van der Waals surface area contributed by atoms with E-state index in [4.69, 9.17) is 5.73 Å². The third-order valence-corrected chi connectivity index (χ3v) is 5.50. The van der Waals surface area contributed by atoms with Crippen molar-refractivity contribution in [3.05, 3.63) is 24.0 Å². The van der Waals surface area contributed by atoms with Gasteiger partial charge in [-0.2, -0.15) is 0 Å². The van der Waals surface area contributed by atoms with Crippen LogP contribution in [-0.4, -0.2) is 35.3 Å². The first kappa shape index (κ1) is 25.7. The number of nitrogens with zero attached hydrogens (tertiary/aromatic N) is 1. The molecule has 0 aromatic heterocycles. The zero-order valence-electron chi connectivity index (χ0n) is 18.4. The quantitative estimate of drug-likeness (QED) is 0.445. The van der Waals surface area contributed by atoms with Crippen LogP contribution in [0.4, 0.5) is 15.8 Å². The van der Waals surface area contributed by atoms with Crippen molar-refractivity contribution in [1.29, 1.82) is 0 Å². The Hall–Kier alpha value is -1.33. The average Bonchev–Trinajstić information content (AvgIpc) is 2.67. The molecule has 3 rings (SSSR count). The van der Waals surface area contributed by atoms with E-state index in [2.05, 4.69) is 21.8 Å². The molecule has 1 aromatic carbocycles. The van der Waals surface area contributed by atoms with Crippen molar-refractivity contribution >= 4 is 28.2 Å². The fraction of sp³-hybridized carbons (Fsp3) is 0.696. The topological polar surface area (TPSA) is 58.4 Å². The molecule has 0 bridgehead atoms. The summed E-state index contributed by atoms with van der Waals surface area (Å²) in [6.45, 7) is 7.59. The predicted molar refractivity (Wildman–Crippen MR) is 123 cm³/mol. The minimum absolute atomic E-state index is 0.228. The minimum atomic E-state index is -0.361. The Labute approximate surface area is 181 Å². The van der Waals surface area contributed by atoms with Crippen molar-refractivity contribution < 1.29 is 9.18 Å². The lowest BCUT2D eigenvalue weighted by Crippen LogP contribution is -2.44. The summed E-state index contributed by atoms with van der Waals surface area (Å²) in [6.07, 6.45) is 12.0. The van der Waals surface area contributed by atoms with Gasteiger partial charge in [-0.3, -0.25) is 4.79 Å². The van der Waals surface area contributed by atoms with Gasteiger partial charge in [-0.15, -0.1) is 0 Å². The van der Waals surface area contributed by atoms with Gasteiger partial charge in [0.1, 0.15) is 5.82 Å². The van der Waals surface area contributed by atoms with Crippen LogP contribution in [0.25, 0.3) is 0 Å². The summed E-state index contributed by atoms with van der Waals surface area (Å²) in [4.78, 5) is 11.9. The molecule has 1 aliphatic heterocycles. The number of likely N-dealkylation sites (tertiary alicyclic amines) is 1. The maximum absolute atomic E-state index is 13.4. The minimum Gasteiger partial charge on any atom is -0.397 e. The van der Waals surface area contributed by atoms with Crippen molar-refractivity contribution in [3.63, 3.8) is 0 Å². The van der Waals surface area contributed by atoms with E-state index in [0.717, 1.165) is 37.7 Å². The lowest BCUT2D eigenvalue weighted by Gasteiger charge is -2.39. The summed E-state index contributed by atoms with van der Waals surface area (Å²) >= 11 is 4.64. The number of benzene rings is 1. The molecule has 1 aromatic rings. The van der Waals surface area contributed by atoms with Crippen LogP contribution in [0.5, 0.6) is 0 Å². The van der Waals surface area contributed by atoms with E-state index in [0.29, 0.717) is 11.7 Å². The molecule has 6 heteroatoms. The van der Waals surface area contributed by atoms with Gasteiger partial charge in [-0.25, -0.2) is 4.39 Å². The van der Waals surface area contributed by atoms with Crippen LogP contribution >= 0.6 is 11.6 Å². The number of anilines is 2. The molecule has 166 valence electrons. The molecule has 1 saturated carbocycles. The number of nitrogens with two attached hydrogens (primary N) is 1. The number of carbonyl (C=O) groups excluding carboxylic acids is 1. The van der Waals surface area contributed by atoms with Crippen molar-refractivity contribution in [2.45, 2.75) is 90.6 Å². The number of nitrogen functional groups attached to an aromatic ring is 1. The largest absolute Gasteiger partial charge is 0.397 e. The molecule has 4 nitrogen and oxygen atoms in total. The zero-order valence-corrected chi connectivity index (χ0v) is 19.1. The molecule has 0 radical (unpaired) electrons. The normalized spacial score (nSPS) is 18.9. The second-order valence-corrected chi connectivity index (χ2v) is 8.19. The smallest absolute Gasteiger partial charge is 0.218 e. The van der Waals surface area contributed by atoms with Gasteiger partial charge in [0, 0.05) is 32.1 Å². The molecule has 1 aliphatic carbocycles. The second kappa shape index (κ2) is 14.6. The number of carbonyl (C=O) groups is 1. The number of nitrogens with one attached hydrogen (secondary N) is 1. The number of hydrogen-bond acceptors (Lipinski definition) is 4. The highest BCUT2D eigenvalue weighted by Gasteiger charge is 2.25. The van der Waals surface area contributed by atoms with Gasteiger partial charge in [0.15, 0.2) is 0 Å². The predicted octanol–water partition coefficient (Wildman–Crippen LogP) is 6.20. The molecule has 0 amide bonds. The van der Waals surface area contributed by atoms with E-state index >= 15 is 0 Å². The van der Waals surface area contributed by atoms with Gasteiger partial charge in [0.2, 0.25) is 5.24 Å². The number of rotatable bonds is 3. The fourth-order valence-corrected chi connectivity index (χ4v) is 4.08. The molecule has 3 N–H and O–H groups in total. The first-order chi connectivity index (χ1) is 14.0. The molecule has 0 spiro atoms. The van der Waals surface area contributed by atoms with E-state index in [-0.39, 0.29) is 11.1 Å². The summed E-state index contributed by atoms with van der Waals surface area (Å²) in [5.74, 6) is -0.228. The van der Waals surface area contributed by atoms with E-state index in [1.54, 1.807) is 6.07 Å². The Bertz CT molecular complexity index is 579. The summed E-state index contributed by atoms with van der Waals surface area (Å²) in [7, 11) is 0. The Morgan fingerprint density at radius 1 is 1.07 bits per heavy atom. The molecule has 0 atom stereocenters. The second-order valence-electron chi connectivity index (χ2n) is 7.66. The monoisotopic (exact) mass is 427 g/mol. The molecule has 1 saturated heterocycles. The van der Waals surface area contributed by atoms with Crippen LogP contribution in [0.15, 0.2) is 18.2 Å². The van der Waals surface area contributed by atoms with Gasteiger partial charge >= 0.3 is 0 Å². The van der Waals surface area contributed by atoms with Crippen molar-refractivity contribution in [2.75, 3.05) is 24.1 Å². The van der Waals surface area contributed by atoms with Crippen LogP contribution < -0.4 is 11.1 Å². The first-order valence-corrected chi connectivity index (χ1v) is 11.5. The first-order valence-electron chi connectivity index (χ1n) is 11.2. The fourth-order valence-electron chi connectivity index (χ4n) is 4.08. The van der Waals surface area contributed by atoms with E-state index in [1.807, 2.05) is 13.8 Å². The van der Waals surface area contributed by atoms with E-state index in [1.165, 1.54) is 64.0 Å². The lowest BCUT2D eigenvalue weighted by atomic mass is 9.93. The highest BCUT2D eigenvalue weighted by atomic mass is 35.5. The Kier molecular flexibility index (Phi) is 13.0. The zero-order chi connectivity index (χ0) is 21.6. The van der Waals surface area contributed by atoms with E-state index < -0.39 is 0 Å². The molecular formula is C23H39ClFN3O. The maximum Gasteiger partial charge on any atom is 0.218 e. The summed E-state index contributed by atoms with van der Waals surface area (Å²) in [5.41, 5.74) is 7.32. The van der Waals surface area contributed by atoms with Crippen molar-refractivity contribution in [1.82, 2.24) is 4.90 Å². The van der Waals surface area contributed by atoms with Gasteiger partial charge in [-0.1, -0.05) is 46.0 Å². The Morgan fingerprint density at radius 3 is 2.14 bits per heavy atom. The summed E-state index contributed by atoms with van der Waals surface area (Å²) in [6, 6.07) is 5.76. The number of hydrogen-bond donors (Lipinski definition) is 2. The molecule has 0 unspecified atom stereocenters. The van der Waals surface area contributed by atoms with Crippen LogP contribution in [0.2, 0.25) is 0 Å². The molecule has 2 fully saturated rings. The molecular weight excluding hydrogens is 389 g/mol. The Balaban J connectivity index is 0.000000627. The van der Waals surface area contributed by atoms with E-state index in [9.17, 15) is 9.18 Å². The molecule has 1 heterocycles. The number of halogens is 2. The van der Waals surface area contributed by atoms with Gasteiger partial charge in [0.25, 0.3) is 0 Å². The Morgan fingerprint density at radius 2 is 1.59 bits per heavy atom. The standard InChI is InChI=1S/C19H30FN3.C2H3ClO.C2H6/c20-15-8-9-18(21)19(14-15)22-16-10-12-23(13-11-16)17-6-4-2-1-3-5-7-17;1-2(3)4;1-2/h8-9,14,16-17,22H,1-7,10-13,21H2;1H3;1-2H3. The summed E-state index contributed by atoms with van der Waals surface area (Å²) < 4.78 is 13.4. The molecule has 2 aliphatic rings. The van der Waals surface area contributed by atoms with Gasteiger partial charge in [0.05, 0.1) is 11.4 Å². The maximum atomic E-state index is 13.4. The third kappa shape index (κ3) is 10.3. The lowest BCUT2D eigenvalue weighted by molar-refractivity contribution is -0.109. The third-order valence-electron chi connectivity index (χ3n) is 5.50. The average molecular weight is 428 g/mol. The van der Waals surface area contributed by atoms with Crippen LogP contribution in [0.3, 0.4) is 0 Å². The van der Waals surface area contributed by atoms with Gasteiger partial charge in [-0.05, 0) is 55.5 Å². The summed E-state index contributed by atoms with van der Waals surface area (Å²) in [5, 5.41) is 3.08. The molecule has 29 heavy (non-hydrogen) atoms. The SMILES string of the molecule is CC.CC(=O)Cl.Nc1ccc(F)cc1NC1CCN(C2CCCCCCC2)CC1. The van der Waals surface area contributed by atoms with Crippen LogP contribution in [0.1, 0.15) is 78.6 Å².